The van der Waals surface area contributed by atoms with Crippen molar-refractivity contribution in [2.24, 2.45) is 0 Å². The zero-order valence-corrected chi connectivity index (χ0v) is 14.4. The molecule has 93 valence electrons. The topological polar surface area (TPSA) is 9.23 Å². The third kappa shape index (κ3) is 13.0. The molecule has 1 radical (unpaired) electrons. The van der Waals surface area contributed by atoms with Crippen LogP contribution in [0, 0.1) is 0 Å². The minimum Gasteiger partial charge on any atom is -0.147 e. The average molecular weight is 343 g/mol. The van der Waals surface area contributed by atoms with Crippen molar-refractivity contribution in [3.05, 3.63) is 0 Å². The van der Waals surface area contributed by atoms with Gasteiger partial charge in [-0.15, -0.1) is 12.4 Å². The van der Waals surface area contributed by atoms with E-state index in [0.29, 0.717) is 0 Å². The second-order valence-corrected chi connectivity index (χ2v) is 12.5. The Kier molecular flexibility index (Phi) is 18.5. The van der Waals surface area contributed by atoms with Crippen molar-refractivity contribution >= 4 is 32.2 Å². The molecule has 0 amide bonds. The van der Waals surface area contributed by atoms with E-state index in [2.05, 4.69) is 20.8 Å². The van der Waals surface area contributed by atoms with E-state index in [1.54, 1.807) is 8.87 Å². The van der Waals surface area contributed by atoms with Crippen molar-refractivity contribution in [1.29, 1.82) is 0 Å². The van der Waals surface area contributed by atoms with Crippen LogP contribution in [0.15, 0.2) is 0 Å². The van der Waals surface area contributed by atoms with Crippen LogP contribution in [-0.4, -0.2) is 33.0 Å². The van der Waals surface area contributed by atoms with Gasteiger partial charge in [-0.25, -0.2) is 0 Å². The summed E-state index contributed by atoms with van der Waals surface area (Å²) in [5.41, 5.74) is 0. The van der Waals surface area contributed by atoms with Gasteiger partial charge in [0.1, 0.15) is 0 Å². The van der Waals surface area contributed by atoms with Crippen LogP contribution in [0.3, 0.4) is 0 Å². The van der Waals surface area contributed by atoms with Crippen LogP contribution in [0.5, 0.6) is 0 Å². The molecule has 0 aliphatic rings. The summed E-state index contributed by atoms with van der Waals surface area (Å²) < 4.78 is 10.1. The van der Waals surface area contributed by atoms with E-state index < -0.39 is 19.8 Å². The second-order valence-electron chi connectivity index (χ2n) is 3.90. The van der Waals surface area contributed by atoms with Gasteiger partial charge in [-0.3, -0.25) is 0 Å². The molecule has 1 nitrogen and oxygen atoms in total. The molecule has 0 N–H and O–H groups in total. The fourth-order valence-electron chi connectivity index (χ4n) is 1.59. The Morgan fingerprint density at radius 2 is 1.40 bits per heavy atom. The Balaban J connectivity index is 0. The van der Waals surface area contributed by atoms with Crippen molar-refractivity contribution in [1.82, 2.24) is 0 Å². The molecule has 0 aromatic rings. The molecular weight excluding hydrogens is 314 g/mol. The van der Waals surface area contributed by atoms with Gasteiger partial charge in [0.2, 0.25) is 0 Å². The molecule has 0 fully saturated rings. The smallest absolute Gasteiger partial charge is 0.147 e. The van der Waals surface area contributed by atoms with Crippen molar-refractivity contribution in [2.75, 3.05) is 13.2 Å². The van der Waals surface area contributed by atoms with Crippen LogP contribution in [0.1, 0.15) is 46.5 Å². The van der Waals surface area contributed by atoms with E-state index in [4.69, 9.17) is 4.74 Å². The minimum atomic E-state index is -0.985. The maximum Gasteiger partial charge on any atom is -0.147 e. The summed E-state index contributed by atoms with van der Waals surface area (Å²) >= 11 is -0.985. The Labute approximate surface area is 110 Å². The van der Waals surface area contributed by atoms with Gasteiger partial charge in [-0.1, -0.05) is 0 Å². The van der Waals surface area contributed by atoms with E-state index in [9.17, 15) is 0 Å². The van der Waals surface area contributed by atoms with Crippen LogP contribution < -0.4 is 0 Å². The molecule has 0 atom stereocenters. The first-order valence-corrected chi connectivity index (χ1v) is 12.3. The van der Waals surface area contributed by atoms with Crippen LogP contribution in [0.4, 0.5) is 0 Å². The summed E-state index contributed by atoms with van der Waals surface area (Å²) in [4.78, 5) is 0. The molecular formula is C12H28ClOSn. The van der Waals surface area contributed by atoms with E-state index in [-0.39, 0.29) is 12.4 Å². The average Bonchev–Trinajstić information content (AvgIpc) is 2.21. The minimum absolute atomic E-state index is 0. The third-order valence-corrected chi connectivity index (χ3v) is 11.2. The first kappa shape index (κ1) is 18.4. The van der Waals surface area contributed by atoms with Gasteiger partial charge >= 0.3 is 97.5 Å². The Morgan fingerprint density at radius 3 is 1.80 bits per heavy atom. The predicted octanol–water partition coefficient (Wildman–Crippen LogP) is 4.54. The van der Waals surface area contributed by atoms with E-state index in [1.165, 1.54) is 30.1 Å². The molecule has 0 rings (SSSR count). The summed E-state index contributed by atoms with van der Waals surface area (Å²) in [6.07, 6.45) is 5.71. The van der Waals surface area contributed by atoms with Crippen molar-refractivity contribution in [3.63, 3.8) is 0 Å². The summed E-state index contributed by atoms with van der Waals surface area (Å²) in [5, 5.41) is 0. The number of unbranched alkanes of at least 4 members (excludes halogenated alkanes) is 2. The Hall–Kier alpha value is 1.05. The molecule has 15 heavy (non-hydrogen) atoms. The van der Waals surface area contributed by atoms with E-state index in [1.807, 2.05) is 0 Å². The van der Waals surface area contributed by atoms with Crippen LogP contribution in [0.25, 0.3) is 0 Å². The normalized spacial score (nSPS) is 10.4. The molecule has 0 heterocycles. The van der Waals surface area contributed by atoms with E-state index in [0.717, 1.165) is 13.2 Å². The van der Waals surface area contributed by atoms with E-state index >= 15 is 0 Å². The third-order valence-electron chi connectivity index (χ3n) is 2.57. The van der Waals surface area contributed by atoms with Gasteiger partial charge in [0.25, 0.3) is 0 Å². The van der Waals surface area contributed by atoms with Gasteiger partial charge in [0.15, 0.2) is 0 Å². The molecule has 0 bridgehead atoms. The molecule has 0 unspecified atom stereocenters. The fraction of sp³-hybridized carbons (Fsp3) is 1.00. The van der Waals surface area contributed by atoms with Gasteiger partial charge < -0.3 is 0 Å². The SMILES string of the molecule is CCC[CH2][Sn]([CH2]CCC)[CH2]COCC.Cl. The molecule has 0 aliphatic carbocycles. The zero-order chi connectivity index (χ0) is 10.6. The van der Waals surface area contributed by atoms with Gasteiger partial charge in [-0.05, 0) is 0 Å². The summed E-state index contributed by atoms with van der Waals surface area (Å²) in [6.45, 7) is 8.67. The van der Waals surface area contributed by atoms with Crippen LogP contribution in [0.2, 0.25) is 13.3 Å². The van der Waals surface area contributed by atoms with Gasteiger partial charge in [0.05, 0.1) is 0 Å². The zero-order valence-electron chi connectivity index (χ0n) is 10.7. The monoisotopic (exact) mass is 343 g/mol. The maximum absolute atomic E-state index is 5.47. The van der Waals surface area contributed by atoms with Crippen LogP contribution >= 0.6 is 12.4 Å². The molecule has 3 heteroatoms. The molecule has 0 aromatic carbocycles. The van der Waals surface area contributed by atoms with Crippen molar-refractivity contribution in [3.8, 4) is 0 Å². The Morgan fingerprint density at radius 1 is 0.867 bits per heavy atom. The molecule has 0 saturated carbocycles. The van der Waals surface area contributed by atoms with Gasteiger partial charge in [0, 0.05) is 0 Å². The van der Waals surface area contributed by atoms with Crippen molar-refractivity contribution < 1.29 is 4.74 Å². The fourth-order valence-corrected chi connectivity index (χ4v) is 9.84. The molecule has 0 saturated heterocycles. The summed E-state index contributed by atoms with van der Waals surface area (Å²) in [5.74, 6) is 0. The van der Waals surface area contributed by atoms with Crippen LogP contribution in [-0.2, 0) is 4.74 Å². The number of hydrogen-bond acceptors (Lipinski definition) is 1. The second kappa shape index (κ2) is 15.0. The summed E-state index contributed by atoms with van der Waals surface area (Å²) in [7, 11) is 0. The Bertz CT molecular complexity index is 104. The molecule has 0 spiro atoms. The van der Waals surface area contributed by atoms with Crippen molar-refractivity contribution in [2.45, 2.75) is 59.8 Å². The number of hydrogen-bond donors (Lipinski definition) is 0. The molecule has 0 aliphatic heterocycles. The summed E-state index contributed by atoms with van der Waals surface area (Å²) in [6, 6.07) is 0. The standard InChI is InChI=1S/C4H9O.2C4H9.ClH.Sn/c1-3-5-4-2;2*1-3-4-2;;/h1,3-4H2,2H3;2*1,3-4H2,2H3;1H;. The molecule has 0 aromatic heterocycles. The predicted molar refractivity (Wildman–Crippen MR) is 73.7 cm³/mol. The number of halogens is 1. The largest absolute Gasteiger partial charge is 0.147 e. The maximum atomic E-state index is 5.47. The quantitative estimate of drug-likeness (QED) is 0.418. The number of rotatable bonds is 10. The number of ether oxygens (including phenoxy) is 1. The van der Waals surface area contributed by atoms with Gasteiger partial charge in [-0.2, -0.15) is 0 Å². The first-order valence-electron chi connectivity index (χ1n) is 6.26. The first-order chi connectivity index (χ1) is 6.85.